The van der Waals surface area contributed by atoms with Crippen molar-refractivity contribution in [2.75, 3.05) is 11.9 Å². The second kappa shape index (κ2) is 9.48. The third-order valence-corrected chi connectivity index (χ3v) is 3.22. The molecule has 0 fully saturated rings. The average Bonchev–Trinajstić information content (AvgIpc) is 2.44. The summed E-state index contributed by atoms with van der Waals surface area (Å²) in [6.45, 7) is 4.62. The highest BCUT2D eigenvalue weighted by Gasteiger charge is 2.09. The first-order valence-corrected chi connectivity index (χ1v) is 7.44. The lowest BCUT2D eigenvalue weighted by Gasteiger charge is -2.17. The van der Waals surface area contributed by atoms with Crippen molar-refractivity contribution in [3.8, 4) is 0 Å². The van der Waals surface area contributed by atoms with Gasteiger partial charge in [0.25, 0.3) is 0 Å². The van der Waals surface area contributed by atoms with Gasteiger partial charge in [-0.1, -0.05) is 33.1 Å². The van der Waals surface area contributed by atoms with Gasteiger partial charge in [0, 0.05) is 11.7 Å². The second-order valence-corrected chi connectivity index (χ2v) is 5.06. The first-order chi connectivity index (χ1) is 9.65. The van der Waals surface area contributed by atoms with Gasteiger partial charge in [-0.25, -0.2) is 4.39 Å². The number of carbonyl (C=O) groups is 1. The highest BCUT2D eigenvalue weighted by molar-refractivity contribution is 5.92. The van der Waals surface area contributed by atoms with Crippen LogP contribution in [0.25, 0.3) is 0 Å². The molecule has 1 aromatic rings. The van der Waals surface area contributed by atoms with E-state index in [-0.39, 0.29) is 11.7 Å². The topological polar surface area (TPSA) is 41.1 Å². The van der Waals surface area contributed by atoms with Crippen LogP contribution in [0.4, 0.5) is 10.1 Å². The molecule has 0 aliphatic carbocycles. The fourth-order valence-electron chi connectivity index (χ4n) is 2.12. The van der Waals surface area contributed by atoms with Crippen LogP contribution in [0.15, 0.2) is 24.3 Å². The molecule has 0 heterocycles. The molecule has 1 aromatic carbocycles. The van der Waals surface area contributed by atoms with Crippen LogP contribution in [-0.2, 0) is 4.79 Å². The number of hydrogen-bond donors (Lipinski definition) is 2. The zero-order valence-corrected chi connectivity index (χ0v) is 12.4. The van der Waals surface area contributed by atoms with Crippen LogP contribution in [0.5, 0.6) is 0 Å². The van der Waals surface area contributed by atoms with Gasteiger partial charge in [0.2, 0.25) is 5.91 Å². The molecule has 0 saturated heterocycles. The monoisotopic (exact) mass is 280 g/mol. The van der Waals surface area contributed by atoms with Crippen molar-refractivity contribution in [1.82, 2.24) is 5.32 Å². The third-order valence-electron chi connectivity index (χ3n) is 3.22. The van der Waals surface area contributed by atoms with Gasteiger partial charge < -0.3 is 10.6 Å². The maximum atomic E-state index is 12.8. The number of carbonyl (C=O) groups excluding carboxylic acids is 1. The molecule has 0 spiro atoms. The summed E-state index contributed by atoms with van der Waals surface area (Å²) in [6.07, 6.45) is 5.65. The Labute approximate surface area is 121 Å². The molecule has 20 heavy (non-hydrogen) atoms. The summed E-state index contributed by atoms with van der Waals surface area (Å²) in [4.78, 5) is 11.8. The summed E-state index contributed by atoms with van der Waals surface area (Å²) in [5.41, 5.74) is 0.624. The van der Waals surface area contributed by atoms with Gasteiger partial charge in [-0.3, -0.25) is 4.79 Å². The van der Waals surface area contributed by atoms with Gasteiger partial charge in [0.15, 0.2) is 0 Å². The predicted molar refractivity (Wildman–Crippen MR) is 81.3 cm³/mol. The molecule has 0 bridgehead atoms. The zero-order valence-electron chi connectivity index (χ0n) is 12.4. The van der Waals surface area contributed by atoms with Crippen LogP contribution in [0.2, 0.25) is 0 Å². The summed E-state index contributed by atoms with van der Waals surface area (Å²) in [7, 11) is 0. The Bertz CT molecular complexity index is 392. The first-order valence-electron chi connectivity index (χ1n) is 7.44. The molecule has 0 radical (unpaired) electrons. The normalized spacial score (nSPS) is 12.2. The molecule has 0 saturated carbocycles. The Kier molecular flexibility index (Phi) is 7.88. The van der Waals surface area contributed by atoms with E-state index >= 15 is 0 Å². The van der Waals surface area contributed by atoms with Gasteiger partial charge in [-0.15, -0.1) is 0 Å². The Morgan fingerprint density at radius 2 is 1.85 bits per heavy atom. The predicted octanol–water partition coefficient (Wildman–Crippen LogP) is 3.71. The molecule has 112 valence electrons. The standard InChI is InChI=1S/C16H25FN2O/c1-3-5-7-14(6-4-2)18-12-16(20)19-15-10-8-13(17)9-11-15/h8-11,14,18H,3-7,12H2,1-2H3,(H,19,20). The molecule has 4 heteroatoms. The van der Waals surface area contributed by atoms with E-state index in [1.807, 2.05) is 0 Å². The van der Waals surface area contributed by atoms with Crippen molar-refractivity contribution in [2.45, 2.75) is 52.0 Å². The highest BCUT2D eigenvalue weighted by atomic mass is 19.1. The number of amides is 1. The number of hydrogen-bond acceptors (Lipinski definition) is 2. The molecule has 1 unspecified atom stereocenters. The van der Waals surface area contributed by atoms with E-state index in [0.29, 0.717) is 18.3 Å². The number of unbranched alkanes of at least 4 members (excludes halogenated alkanes) is 1. The Morgan fingerprint density at radius 1 is 1.15 bits per heavy atom. The van der Waals surface area contributed by atoms with Crippen molar-refractivity contribution >= 4 is 11.6 Å². The van der Waals surface area contributed by atoms with Gasteiger partial charge in [0.05, 0.1) is 6.54 Å². The lowest BCUT2D eigenvalue weighted by atomic mass is 10.1. The van der Waals surface area contributed by atoms with Crippen LogP contribution in [-0.4, -0.2) is 18.5 Å². The quantitative estimate of drug-likeness (QED) is 0.724. The zero-order chi connectivity index (χ0) is 14.8. The van der Waals surface area contributed by atoms with E-state index in [0.717, 1.165) is 19.3 Å². The van der Waals surface area contributed by atoms with E-state index in [1.165, 1.54) is 25.0 Å². The van der Waals surface area contributed by atoms with Crippen molar-refractivity contribution in [3.05, 3.63) is 30.1 Å². The summed E-state index contributed by atoms with van der Waals surface area (Å²) in [6, 6.07) is 6.20. The number of nitrogens with one attached hydrogen (secondary N) is 2. The minimum Gasteiger partial charge on any atom is -0.325 e. The highest BCUT2D eigenvalue weighted by Crippen LogP contribution is 2.09. The summed E-state index contributed by atoms with van der Waals surface area (Å²) < 4.78 is 12.8. The van der Waals surface area contributed by atoms with E-state index < -0.39 is 0 Å². The van der Waals surface area contributed by atoms with Crippen molar-refractivity contribution in [1.29, 1.82) is 0 Å². The van der Waals surface area contributed by atoms with E-state index in [4.69, 9.17) is 0 Å². The maximum absolute atomic E-state index is 12.8. The maximum Gasteiger partial charge on any atom is 0.238 e. The summed E-state index contributed by atoms with van der Waals surface area (Å²) >= 11 is 0. The lowest BCUT2D eigenvalue weighted by Crippen LogP contribution is -2.36. The molecule has 0 aliphatic rings. The summed E-state index contributed by atoms with van der Waals surface area (Å²) in [5.74, 6) is -0.391. The van der Waals surface area contributed by atoms with Gasteiger partial charge in [0.1, 0.15) is 5.82 Å². The SMILES string of the molecule is CCCCC(CCC)NCC(=O)Nc1ccc(F)cc1. The molecule has 1 rings (SSSR count). The largest absolute Gasteiger partial charge is 0.325 e. The molecular weight excluding hydrogens is 255 g/mol. The fraction of sp³-hybridized carbons (Fsp3) is 0.562. The Morgan fingerprint density at radius 3 is 2.45 bits per heavy atom. The number of halogens is 1. The van der Waals surface area contributed by atoms with Gasteiger partial charge >= 0.3 is 0 Å². The molecular formula is C16H25FN2O. The van der Waals surface area contributed by atoms with Crippen molar-refractivity contribution < 1.29 is 9.18 Å². The Hall–Kier alpha value is -1.42. The number of benzene rings is 1. The first kappa shape index (κ1) is 16.6. The minimum absolute atomic E-state index is 0.0887. The van der Waals surface area contributed by atoms with E-state index in [2.05, 4.69) is 24.5 Å². The third kappa shape index (κ3) is 6.66. The van der Waals surface area contributed by atoms with E-state index in [9.17, 15) is 9.18 Å². The lowest BCUT2D eigenvalue weighted by molar-refractivity contribution is -0.115. The number of rotatable bonds is 9. The van der Waals surface area contributed by atoms with Crippen LogP contribution in [0.1, 0.15) is 46.0 Å². The van der Waals surface area contributed by atoms with E-state index in [1.54, 1.807) is 12.1 Å². The molecule has 3 nitrogen and oxygen atoms in total. The van der Waals surface area contributed by atoms with Crippen molar-refractivity contribution in [3.63, 3.8) is 0 Å². The van der Waals surface area contributed by atoms with Crippen LogP contribution in [0.3, 0.4) is 0 Å². The summed E-state index contributed by atoms with van der Waals surface area (Å²) in [5, 5.41) is 6.06. The second-order valence-electron chi connectivity index (χ2n) is 5.06. The van der Waals surface area contributed by atoms with Gasteiger partial charge in [-0.2, -0.15) is 0 Å². The minimum atomic E-state index is -0.302. The molecule has 2 N–H and O–H groups in total. The van der Waals surface area contributed by atoms with Gasteiger partial charge in [-0.05, 0) is 37.1 Å². The Balaban J connectivity index is 2.34. The van der Waals surface area contributed by atoms with Crippen molar-refractivity contribution in [2.24, 2.45) is 0 Å². The smallest absolute Gasteiger partial charge is 0.238 e. The fourth-order valence-corrected chi connectivity index (χ4v) is 2.12. The molecule has 0 aliphatic heterocycles. The molecule has 0 aromatic heterocycles. The van der Waals surface area contributed by atoms with Crippen LogP contribution < -0.4 is 10.6 Å². The molecule has 1 amide bonds. The molecule has 1 atom stereocenters. The van der Waals surface area contributed by atoms with Crippen LogP contribution >= 0.6 is 0 Å². The average molecular weight is 280 g/mol. The number of anilines is 1. The van der Waals surface area contributed by atoms with Crippen LogP contribution in [0, 0.1) is 5.82 Å².